The Balaban J connectivity index is 1.38. The Bertz CT molecular complexity index is 2210. The zero-order valence-electron chi connectivity index (χ0n) is 26.8. The predicted molar refractivity (Wildman–Crippen MR) is 198 cm³/mol. The molecule has 3 aromatic carbocycles. The number of rotatable bonds is 11. The Morgan fingerprint density at radius 3 is 2.37 bits per heavy atom. The van der Waals surface area contributed by atoms with Crippen molar-refractivity contribution in [1.82, 2.24) is 4.57 Å². The van der Waals surface area contributed by atoms with Crippen LogP contribution < -0.4 is 24.4 Å². The number of hydrogen-bond donors (Lipinski definition) is 0. The van der Waals surface area contributed by atoms with E-state index in [4.69, 9.17) is 23.9 Å². The molecular weight excluding hydrogens is 775 g/mol. The number of carbonyl (C=O) groups is 2. The third kappa shape index (κ3) is 7.26. The Morgan fingerprint density at radius 1 is 0.959 bits per heavy atom. The number of fused-ring (bicyclic) bond motifs is 1. The van der Waals surface area contributed by atoms with Gasteiger partial charge in [-0.3, -0.25) is 9.36 Å². The van der Waals surface area contributed by atoms with Crippen LogP contribution in [0.1, 0.15) is 51.8 Å². The van der Waals surface area contributed by atoms with Gasteiger partial charge in [0, 0.05) is 10.4 Å². The second-order valence-corrected chi connectivity index (χ2v) is 13.8. The first-order chi connectivity index (χ1) is 23.8. The van der Waals surface area contributed by atoms with Gasteiger partial charge in [0.25, 0.3) is 5.56 Å². The summed E-state index contributed by atoms with van der Waals surface area (Å²) >= 11 is 4.91. The van der Waals surface area contributed by atoms with Crippen LogP contribution in [0.3, 0.4) is 0 Å². The summed E-state index contributed by atoms with van der Waals surface area (Å²) in [6.07, 6.45) is 1.80. The van der Waals surface area contributed by atoms with Crippen LogP contribution in [0.25, 0.3) is 11.8 Å². The lowest BCUT2D eigenvalue weighted by Gasteiger charge is -2.24. The number of aromatic nitrogens is 1. The number of ether oxygens (including phenoxy) is 4. The van der Waals surface area contributed by atoms with E-state index in [2.05, 4.69) is 22.6 Å². The lowest BCUT2D eigenvalue weighted by atomic mass is 9.97. The summed E-state index contributed by atoms with van der Waals surface area (Å²) in [5.41, 5.74) is 3.38. The van der Waals surface area contributed by atoms with Crippen molar-refractivity contribution in [2.24, 2.45) is 4.99 Å². The Kier molecular flexibility index (Phi) is 10.8. The van der Waals surface area contributed by atoms with Crippen LogP contribution in [0.15, 0.2) is 99.6 Å². The van der Waals surface area contributed by atoms with Gasteiger partial charge in [-0.1, -0.05) is 59.9 Å². The fourth-order valence-corrected chi connectivity index (χ4v) is 7.98. The highest BCUT2D eigenvalue weighted by atomic mass is 127. The number of methoxy groups -OCH3 is 1. The number of thiazole rings is 1. The summed E-state index contributed by atoms with van der Waals surface area (Å²) in [4.78, 5) is 45.9. The third-order valence-electron chi connectivity index (χ3n) is 7.58. The molecule has 0 aliphatic carbocycles. The van der Waals surface area contributed by atoms with Crippen molar-refractivity contribution in [3.05, 3.63) is 140 Å². The molecule has 3 heterocycles. The van der Waals surface area contributed by atoms with E-state index in [9.17, 15) is 14.4 Å². The third-order valence-corrected chi connectivity index (χ3v) is 10.3. The topological polar surface area (TPSA) is 105 Å². The van der Waals surface area contributed by atoms with Crippen LogP contribution in [0.4, 0.5) is 0 Å². The summed E-state index contributed by atoms with van der Waals surface area (Å²) in [5.74, 6) is 0.178. The summed E-state index contributed by atoms with van der Waals surface area (Å²) in [6.45, 7) is 4.28. The van der Waals surface area contributed by atoms with Gasteiger partial charge in [-0.15, -0.1) is 11.3 Å². The Morgan fingerprint density at radius 2 is 1.69 bits per heavy atom. The number of halogens is 1. The first-order valence-electron chi connectivity index (χ1n) is 15.4. The minimum atomic E-state index is -0.704. The van der Waals surface area contributed by atoms with Crippen molar-refractivity contribution in [1.29, 1.82) is 0 Å². The molecule has 0 saturated carbocycles. The minimum absolute atomic E-state index is 0.188. The number of benzene rings is 3. The molecule has 0 spiro atoms. The smallest absolute Gasteiger partial charge is 0.338 e. The average Bonchev–Trinajstić information content (AvgIpc) is 3.76. The molecule has 0 bridgehead atoms. The van der Waals surface area contributed by atoms with Gasteiger partial charge in [0.1, 0.15) is 12.6 Å². The summed E-state index contributed by atoms with van der Waals surface area (Å²) in [7, 11) is 1.56. The normalized spacial score (nSPS) is 14.2. The van der Waals surface area contributed by atoms with Gasteiger partial charge in [0.2, 0.25) is 0 Å². The van der Waals surface area contributed by atoms with Crippen LogP contribution in [0, 0.1) is 3.57 Å². The molecule has 1 aliphatic heterocycles. The number of esters is 2. The lowest BCUT2D eigenvalue weighted by molar-refractivity contribution is -0.138. The van der Waals surface area contributed by atoms with Crippen molar-refractivity contribution < 1.29 is 28.5 Å². The van der Waals surface area contributed by atoms with E-state index in [0.29, 0.717) is 44.3 Å². The van der Waals surface area contributed by atoms with Crippen molar-refractivity contribution >= 4 is 69.0 Å². The van der Waals surface area contributed by atoms with E-state index in [0.717, 1.165) is 25.1 Å². The molecule has 12 heteroatoms. The molecule has 1 aliphatic rings. The summed E-state index contributed by atoms with van der Waals surface area (Å²) < 4.78 is 25.3. The molecule has 0 fully saturated rings. The molecule has 0 amide bonds. The van der Waals surface area contributed by atoms with Crippen molar-refractivity contribution in [2.75, 3.05) is 20.3 Å². The van der Waals surface area contributed by atoms with Crippen molar-refractivity contribution in [3.8, 4) is 11.5 Å². The van der Waals surface area contributed by atoms with Crippen LogP contribution in [-0.2, 0) is 20.9 Å². The quantitative estimate of drug-likeness (QED) is 0.113. The van der Waals surface area contributed by atoms with Gasteiger partial charge in [0.05, 0.1) is 45.3 Å². The van der Waals surface area contributed by atoms with Gasteiger partial charge in [0.15, 0.2) is 16.3 Å². The second-order valence-electron chi connectivity index (χ2n) is 10.7. The van der Waals surface area contributed by atoms with Crippen LogP contribution in [-0.4, -0.2) is 36.8 Å². The van der Waals surface area contributed by atoms with Crippen LogP contribution in [0.5, 0.6) is 11.5 Å². The zero-order valence-corrected chi connectivity index (χ0v) is 30.6. The molecule has 0 unspecified atom stereocenters. The molecule has 0 saturated heterocycles. The first-order valence-corrected chi connectivity index (χ1v) is 18.2. The average molecular weight is 807 g/mol. The number of thiophene rings is 1. The monoisotopic (exact) mass is 806 g/mol. The molecular formula is C37H31IN2O7S2. The molecule has 5 aromatic rings. The van der Waals surface area contributed by atoms with E-state index in [1.54, 1.807) is 43.7 Å². The summed E-state index contributed by atoms with van der Waals surface area (Å²) in [6, 6.07) is 23.4. The number of nitrogens with zero attached hydrogens (tertiary/aromatic N) is 2. The van der Waals surface area contributed by atoms with E-state index < -0.39 is 12.0 Å². The highest BCUT2D eigenvalue weighted by molar-refractivity contribution is 14.1. The summed E-state index contributed by atoms with van der Waals surface area (Å²) in [5, 5.41) is 1.92. The Labute approximate surface area is 303 Å². The molecule has 1 atom stereocenters. The predicted octanol–water partition coefficient (Wildman–Crippen LogP) is 6.37. The van der Waals surface area contributed by atoms with E-state index in [1.807, 2.05) is 72.1 Å². The SMILES string of the molecule is CCOC(=O)C1=C(c2ccccc2)N=c2s/c(=C\c3cc(I)c(OCc4ccc(C(=O)OCC)cc4)c(OC)c3)c(=O)n2[C@H]1c1cccs1. The molecule has 49 heavy (non-hydrogen) atoms. The van der Waals surface area contributed by atoms with Gasteiger partial charge in [-0.25, -0.2) is 14.6 Å². The molecule has 250 valence electrons. The van der Waals surface area contributed by atoms with Gasteiger partial charge < -0.3 is 18.9 Å². The fraction of sp³-hybridized carbons (Fsp3) is 0.189. The molecule has 0 radical (unpaired) electrons. The van der Waals surface area contributed by atoms with Crippen molar-refractivity contribution in [2.45, 2.75) is 26.5 Å². The number of carbonyl (C=O) groups excluding carboxylic acids is 2. The lowest BCUT2D eigenvalue weighted by Crippen LogP contribution is -2.39. The van der Waals surface area contributed by atoms with Crippen LogP contribution in [0.2, 0.25) is 0 Å². The van der Waals surface area contributed by atoms with Crippen molar-refractivity contribution in [3.63, 3.8) is 0 Å². The maximum Gasteiger partial charge on any atom is 0.338 e. The van der Waals surface area contributed by atoms with E-state index in [-0.39, 0.29) is 24.7 Å². The largest absolute Gasteiger partial charge is 0.493 e. The zero-order chi connectivity index (χ0) is 34.5. The molecule has 9 nitrogen and oxygen atoms in total. The molecule has 6 rings (SSSR count). The second kappa shape index (κ2) is 15.3. The highest BCUT2D eigenvalue weighted by Gasteiger charge is 2.35. The van der Waals surface area contributed by atoms with Gasteiger partial charge in [-0.2, -0.15) is 0 Å². The van der Waals surface area contributed by atoms with Gasteiger partial charge in [-0.05, 0) is 89.4 Å². The molecule has 0 N–H and O–H groups in total. The molecule has 2 aromatic heterocycles. The van der Waals surface area contributed by atoms with E-state index >= 15 is 0 Å². The van der Waals surface area contributed by atoms with Gasteiger partial charge >= 0.3 is 11.9 Å². The van der Waals surface area contributed by atoms with Crippen LogP contribution >= 0.6 is 45.3 Å². The maximum atomic E-state index is 14.2. The highest BCUT2D eigenvalue weighted by Crippen LogP contribution is 2.37. The maximum absolute atomic E-state index is 14.2. The Hall–Kier alpha value is -4.53. The van der Waals surface area contributed by atoms with E-state index in [1.165, 1.54) is 22.7 Å². The minimum Gasteiger partial charge on any atom is -0.493 e. The standard InChI is InChI=1S/C37H31IN2O7S2/c1-4-45-35(42)25-15-13-22(14-16-25)21-47-33-26(38)18-23(19-27(33)44-3)20-29-34(41)40-32(28-12-9-17-48-28)30(36(43)46-5-2)31(39-37(40)49-29)24-10-7-6-8-11-24/h6-20,32H,4-5,21H2,1-3H3/b29-20-/t32-/m0/s1. The number of hydrogen-bond acceptors (Lipinski definition) is 10. The first kappa shape index (κ1) is 34.3. The fourth-order valence-electron chi connectivity index (χ4n) is 5.38.